The zero-order chi connectivity index (χ0) is 82.9. The molecule has 0 atom stereocenters. The number of para-hydroxylation sites is 1. The van der Waals surface area contributed by atoms with Gasteiger partial charge >= 0.3 is 6.18 Å². The number of rotatable bonds is 14. The third-order valence-electron chi connectivity index (χ3n) is 21.1. The zero-order valence-electron chi connectivity index (χ0n) is 75.5. The number of hydrogen-bond donors (Lipinski definition) is 3. The van der Waals surface area contributed by atoms with E-state index in [4.69, 9.17) is 24.4 Å². The van der Waals surface area contributed by atoms with E-state index in [9.17, 15) is 17.6 Å². The minimum Gasteiger partial charge on any atom is -0.396 e. The monoisotopic (exact) mass is 1490 g/mol. The maximum absolute atomic E-state index is 12.5. The minimum atomic E-state index is -4.00. The fourth-order valence-corrected chi connectivity index (χ4v) is 6.63. The molecule has 1 saturated heterocycles. The van der Waals surface area contributed by atoms with Gasteiger partial charge in [-0.05, 0) is 175 Å². The molecule has 1 aliphatic carbocycles. The SMILES string of the molecule is CC(C)C(C)(C)C.CC(C)C(C)(C)CO.CC(C)C(C)(C)F.CC(C)C(C)(C)O.CC(C)C(F)(F)F.CC(C)C1(C)CC1.CC(C)C1(C)COC1.CC(C)c1[nH]nc2ccccc12.CCC(C)C.COC(C)(C)C(C)C.COC(C)(C)C(C)C.Cc1nc(C(C)C)cs1.Cc1scnc1C(C)C. The molecule has 4 aromatic rings. The number of aryl methyl sites for hydroxylation is 2. The van der Waals surface area contributed by atoms with Crippen LogP contribution in [0.3, 0.4) is 0 Å². The summed E-state index contributed by atoms with van der Waals surface area (Å²) < 4.78 is 61.5. The average Bonchev–Trinajstić information content (AvgIpc) is 1.58. The lowest BCUT2D eigenvalue weighted by Gasteiger charge is -2.41. The molecule has 6 rings (SSSR count). The molecule has 4 heterocycles. The molecule has 3 aromatic heterocycles. The lowest BCUT2D eigenvalue weighted by atomic mass is 9.78. The van der Waals surface area contributed by atoms with Gasteiger partial charge in [0.05, 0.1) is 57.4 Å². The van der Waals surface area contributed by atoms with Crippen molar-refractivity contribution in [2.24, 2.45) is 80.8 Å². The second-order valence-electron chi connectivity index (χ2n) is 36.6. The van der Waals surface area contributed by atoms with Crippen LogP contribution in [0.4, 0.5) is 17.6 Å². The van der Waals surface area contributed by atoms with Crippen molar-refractivity contribution in [3.63, 3.8) is 0 Å². The van der Waals surface area contributed by atoms with E-state index in [-0.39, 0.29) is 29.1 Å². The first-order chi connectivity index (χ1) is 45.6. The highest BCUT2D eigenvalue weighted by molar-refractivity contribution is 7.09. The van der Waals surface area contributed by atoms with Gasteiger partial charge in [-0.3, -0.25) is 5.10 Å². The largest absolute Gasteiger partial charge is 0.396 e. The van der Waals surface area contributed by atoms with Crippen LogP contribution in [0, 0.1) is 94.7 Å². The van der Waals surface area contributed by atoms with Crippen molar-refractivity contribution in [1.29, 1.82) is 0 Å². The van der Waals surface area contributed by atoms with E-state index in [1.165, 1.54) is 51.6 Å². The van der Waals surface area contributed by atoms with Crippen molar-refractivity contribution in [1.82, 2.24) is 20.2 Å². The molecule has 3 N–H and O–H groups in total. The maximum Gasteiger partial charge on any atom is 0.391 e. The van der Waals surface area contributed by atoms with Gasteiger partial charge in [-0.1, -0.05) is 260 Å². The van der Waals surface area contributed by atoms with Crippen molar-refractivity contribution in [2.45, 2.75) is 370 Å². The van der Waals surface area contributed by atoms with Crippen LogP contribution in [0.2, 0.25) is 0 Å². The van der Waals surface area contributed by atoms with Gasteiger partial charge in [0.1, 0.15) is 5.67 Å². The van der Waals surface area contributed by atoms with Crippen LogP contribution in [0.1, 0.15) is 355 Å². The van der Waals surface area contributed by atoms with Crippen molar-refractivity contribution < 1.29 is 42.0 Å². The Morgan fingerprint density at radius 3 is 1.06 bits per heavy atom. The predicted molar refractivity (Wildman–Crippen MR) is 447 cm³/mol. The molecule has 1 aromatic carbocycles. The Morgan fingerprint density at radius 1 is 0.559 bits per heavy atom. The number of aromatic amines is 1. The summed E-state index contributed by atoms with van der Waals surface area (Å²) >= 11 is 3.44. The number of fused-ring (bicyclic) bond motifs is 1. The molecule has 0 unspecified atom stereocenters. The normalized spacial score (nSPS) is 14.0. The first-order valence-corrected chi connectivity index (χ1v) is 40.3. The molecule has 610 valence electrons. The summed E-state index contributed by atoms with van der Waals surface area (Å²) in [5.74, 6) is 6.06. The fraction of sp³-hybridized carbons (Fsp3) is 0.851. The van der Waals surface area contributed by atoms with Crippen LogP contribution in [-0.4, -0.2) is 93.1 Å². The molecule has 1 aliphatic heterocycles. The van der Waals surface area contributed by atoms with Gasteiger partial charge in [-0.25, -0.2) is 14.4 Å². The molecule has 0 spiro atoms. The summed E-state index contributed by atoms with van der Waals surface area (Å²) in [4.78, 5) is 9.91. The minimum absolute atomic E-state index is 0.0417. The van der Waals surface area contributed by atoms with E-state index in [2.05, 4.69) is 260 Å². The van der Waals surface area contributed by atoms with E-state index in [1.807, 2.05) is 72.2 Å². The highest BCUT2D eigenvalue weighted by atomic mass is 32.1. The van der Waals surface area contributed by atoms with E-state index in [0.717, 1.165) is 61.7 Å². The zero-order valence-corrected chi connectivity index (χ0v) is 77.1. The van der Waals surface area contributed by atoms with Crippen LogP contribution in [0.15, 0.2) is 35.2 Å². The topological polar surface area (TPSA) is 123 Å². The van der Waals surface area contributed by atoms with Gasteiger partial charge in [0.25, 0.3) is 0 Å². The number of aliphatic hydroxyl groups excluding tert-OH is 1. The molecule has 0 bridgehead atoms. The summed E-state index contributed by atoms with van der Waals surface area (Å²) in [6.07, 6.45) is 0.231. The Balaban J connectivity index is -0.000000193. The summed E-state index contributed by atoms with van der Waals surface area (Å²) in [5, 5.41) is 29.7. The number of alkyl halides is 4. The van der Waals surface area contributed by atoms with Crippen LogP contribution in [0.25, 0.3) is 10.9 Å². The number of aliphatic hydroxyl groups is 2. The quantitative estimate of drug-likeness (QED) is 0.107. The lowest BCUT2D eigenvalue weighted by molar-refractivity contribution is -0.164. The van der Waals surface area contributed by atoms with Gasteiger partial charge in [0.2, 0.25) is 0 Å². The third kappa shape index (κ3) is 56.7. The highest BCUT2D eigenvalue weighted by Crippen LogP contribution is 2.51. The molecular formula is C87H172F4N4O5S2. The molecular weight excluding hydrogens is 1320 g/mol. The first kappa shape index (κ1) is 113. The smallest absolute Gasteiger partial charge is 0.391 e. The number of thiazole rings is 2. The van der Waals surface area contributed by atoms with Gasteiger partial charge in [-0.15, -0.1) is 22.7 Å². The van der Waals surface area contributed by atoms with E-state index in [1.54, 1.807) is 50.7 Å². The number of ether oxygens (including phenoxy) is 3. The van der Waals surface area contributed by atoms with Crippen LogP contribution in [-0.2, 0) is 14.2 Å². The lowest BCUT2D eigenvalue weighted by Crippen LogP contribution is -2.43. The molecule has 0 radical (unpaired) electrons. The van der Waals surface area contributed by atoms with Gasteiger partial charge in [0.15, 0.2) is 0 Å². The molecule has 0 amide bonds. The molecule has 102 heavy (non-hydrogen) atoms. The van der Waals surface area contributed by atoms with Crippen LogP contribution < -0.4 is 0 Å². The molecule has 2 aliphatic rings. The fourth-order valence-electron chi connectivity index (χ4n) is 5.12. The average molecular weight is 1490 g/mol. The van der Waals surface area contributed by atoms with Crippen LogP contribution in [0.5, 0.6) is 0 Å². The number of benzene rings is 1. The van der Waals surface area contributed by atoms with E-state index < -0.39 is 23.4 Å². The third-order valence-corrected chi connectivity index (χ3v) is 22.7. The first-order valence-electron chi connectivity index (χ1n) is 38.6. The van der Waals surface area contributed by atoms with Gasteiger partial charge in [0, 0.05) is 53.5 Å². The van der Waals surface area contributed by atoms with Crippen molar-refractivity contribution in [3.8, 4) is 0 Å². The van der Waals surface area contributed by atoms with Gasteiger partial charge in [-0.2, -0.15) is 18.3 Å². The maximum atomic E-state index is 12.5. The standard InChI is InChI=1S/C10H12N2.2C7H11NS.C7H14O.3C7H16O.C7H14.C7H16.C6H13F.C6H14O.C5H12.C4H7F3/c1-7(2)10-8-5-3-4-6-9(8)11-12-10;1-5(2)7-6(3)9-4-8-7;1-5(2)7-4-9-6(3)8-7;1-6(2)7(3)4-8-5-7;2*1-6(2)7(3,4)8-5;1-6(2)7(3,4)5-8;1-6(2)7(3)4-5-7;1-6(2)7(3,4)5;2*1-5(2)6(3,4)7;1-4-5(2)3;1-3(2)4(5,6)7/h3-7H,1-2H3,(H,11,12);2*4-5H,1-3H3;6H,4-5H2,1-3H3;2*6H,1-5H3;6,8H,5H2,1-4H3;6H,4-5H2,1-3H3;6H,1-5H3;5H,1-4H3;5,7H,1-4H3;5H,4H2,1-3H3;3H,1-2H3. The molecule has 9 nitrogen and oxygen atoms in total. The second kappa shape index (κ2) is 53.3. The molecule has 15 heteroatoms. The highest BCUT2D eigenvalue weighted by Gasteiger charge is 2.40. The molecule has 2 fully saturated rings. The van der Waals surface area contributed by atoms with Crippen molar-refractivity contribution >= 4 is 33.6 Å². The number of nitrogens with zero attached hydrogens (tertiary/aromatic N) is 3. The number of hydrogen-bond acceptors (Lipinski definition) is 10. The summed E-state index contributed by atoms with van der Waals surface area (Å²) in [6.45, 7) is 93.3. The van der Waals surface area contributed by atoms with Crippen LogP contribution >= 0.6 is 22.7 Å². The Labute approximate surface area is 639 Å². The van der Waals surface area contributed by atoms with Gasteiger partial charge < -0.3 is 24.4 Å². The van der Waals surface area contributed by atoms with Crippen molar-refractivity contribution in [3.05, 3.63) is 62.1 Å². The van der Waals surface area contributed by atoms with E-state index in [0.29, 0.717) is 52.3 Å². The Kier molecular flexibility index (Phi) is 59.0. The number of methoxy groups -OCH3 is 2. The predicted octanol–water partition coefficient (Wildman–Crippen LogP) is 28.5. The second-order valence-corrected chi connectivity index (χ2v) is 38.7. The number of nitrogens with one attached hydrogen (secondary N) is 1. The Hall–Kier alpha value is -2.53. The Morgan fingerprint density at radius 2 is 0.931 bits per heavy atom. The van der Waals surface area contributed by atoms with E-state index >= 15 is 0 Å². The number of aromatic nitrogens is 4. The summed E-state index contributed by atoms with van der Waals surface area (Å²) in [7, 11) is 3.50. The number of H-pyrrole nitrogens is 1. The number of halogens is 4. The summed E-state index contributed by atoms with van der Waals surface area (Å²) in [5.41, 5.74) is 7.09. The van der Waals surface area contributed by atoms with Crippen molar-refractivity contribution in [2.75, 3.05) is 34.0 Å². The summed E-state index contributed by atoms with van der Waals surface area (Å²) in [6, 6.07) is 8.18. The molecule has 1 saturated carbocycles. The Bertz CT molecular complexity index is 2410.